The number of halogens is 2. The van der Waals surface area contributed by atoms with Crippen molar-refractivity contribution in [2.24, 2.45) is 0 Å². The van der Waals surface area contributed by atoms with Crippen LogP contribution in [0.25, 0.3) is 0 Å². The Morgan fingerprint density at radius 1 is 0.846 bits per heavy atom. The van der Waals surface area contributed by atoms with Crippen LogP contribution in [-0.4, -0.2) is 43.8 Å². The third-order valence-corrected chi connectivity index (χ3v) is 8.62. The lowest BCUT2D eigenvalue weighted by molar-refractivity contribution is -0.139. The van der Waals surface area contributed by atoms with Crippen molar-refractivity contribution in [2.75, 3.05) is 10.8 Å². The van der Waals surface area contributed by atoms with E-state index in [1.54, 1.807) is 43.3 Å². The van der Waals surface area contributed by atoms with E-state index in [-0.39, 0.29) is 23.4 Å². The molecule has 0 spiro atoms. The number of rotatable bonds is 10. The van der Waals surface area contributed by atoms with Gasteiger partial charge < -0.3 is 10.2 Å². The van der Waals surface area contributed by atoms with Crippen molar-refractivity contribution in [3.63, 3.8) is 0 Å². The Balaban J connectivity index is 2.05. The van der Waals surface area contributed by atoms with Crippen LogP contribution < -0.4 is 9.62 Å². The van der Waals surface area contributed by atoms with Crippen LogP contribution in [-0.2, 0) is 26.2 Å². The molecule has 0 aliphatic rings. The van der Waals surface area contributed by atoms with Gasteiger partial charge in [0.25, 0.3) is 10.0 Å². The maximum Gasteiger partial charge on any atom is 0.264 e. The summed E-state index contributed by atoms with van der Waals surface area (Å²) in [7, 11) is -4.16. The van der Waals surface area contributed by atoms with E-state index in [0.717, 1.165) is 21.0 Å². The van der Waals surface area contributed by atoms with Crippen LogP contribution >= 0.6 is 23.2 Å². The number of anilines is 1. The monoisotopic (exact) mass is 589 g/mol. The molecule has 39 heavy (non-hydrogen) atoms. The molecule has 2 amide bonds. The van der Waals surface area contributed by atoms with Gasteiger partial charge in [-0.25, -0.2) is 8.42 Å². The molecule has 1 atom stereocenters. The highest BCUT2D eigenvalue weighted by Crippen LogP contribution is 2.27. The molecule has 7 nitrogen and oxygen atoms in total. The quantitative estimate of drug-likeness (QED) is 0.326. The Morgan fingerprint density at radius 2 is 1.41 bits per heavy atom. The van der Waals surface area contributed by atoms with E-state index in [2.05, 4.69) is 5.32 Å². The summed E-state index contributed by atoms with van der Waals surface area (Å²) in [5.74, 6) is -0.877. The zero-order valence-corrected chi connectivity index (χ0v) is 24.9. The van der Waals surface area contributed by atoms with E-state index >= 15 is 0 Å². The van der Waals surface area contributed by atoms with Crippen LogP contribution in [0.3, 0.4) is 0 Å². The lowest BCUT2D eigenvalue weighted by atomic mass is 10.1. The fraction of sp³-hybridized carbons (Fsp3) is 0.310. The van der Waals surface area contributed by atoms with Gasteiger partial charge in [0, 0.05) is 22.6 Å². The van der Waals surface area contributed by atoms with E-state index in [1.165, 1.54) is 29.2 Å². The largest absolute Gasteiger partial charge is 0.352 e. The van der Waals surface area contributed by atoms with Crippen LogP contribution in [0.5, 0.6) is 0 Å². The SMILES string of the molecule is Cc1ccc(N(CC(=O)N(Cc2ccc(Cl)cc2)[C@@H](C)C(=O)NC(C)C)S(=O)(=O)c2ccc(Cl)cc2)cc1C. The molecular weight excluding hydrogens is 557 g/mol. The number of nitrogens with one attached hydrogen (secondary N) is 1. The topological polar surface area (TPSA) is 86.8 Å². The fourth-order valence-electron chi connectivity index (χ4n) is 3.92. The van der Waals surface area contributed by atoms with Crippen molar-refractivity contribution < 1.29 is 18.0 Å². The van der Waals surface area contributed by atoms with Gasteiger partial charge in [-0.3, -0.25) is 13.9 Å². The lowest BCUT2D eigenvalue weighted by Crippen LogP contribution is -2.52. The van der Waals surface area contributed by atoms with E-state index in [9.17, 15) is 18.0 Å². The number of nitrogens with zero attached hydrogens (tertiary/aromatic N) is 2. The summed E-state index contributed by atoms with van der Waals surface area (Å²) in [6, 6.07) is 16.9. The number of benzene rings is 3. The second kappa shape index (κ2) is 12.9. The van der Waals surface area contributed by atoms with Gasteiger partial charge in [0.2, 0.25) is 11.8 Å². The van der Waals surface area contributed by atoms with Gasteiger partial charge in [0.1, 0.15) is 12.6 Å². The second-order valence-electron chi connectivity index (χ2n) is 9.72. The van der Waals surface area contributed by atoms with Crippen molar-refractivity contribution in [1.29, 1.82) is 0 Å². The summed E-state index contributed by atoms with van der Waals surface area (Å²) in [5.41, 5.74) is 2.94. The Labute approximate surface area is 240 Å². The van der Waals surface area contributed by atoms with Crippen molar-refractivity contribution in [1.82, 2.24) is 10.2 Å². The number of hydrogen-bond acceptors (Lipinski definition) is 4. The lowest BCUT2D eigenvalue weighted by Gasteiger charge is -2.32. The van der Waals surface area contributed by atoms with Crippen molar-refractivity contribution in [2.45, 2.75) is 58.1 Å². The highest BCUT2D eigenvalue weighted by Gasteiger charge is 2.32. The van der Waals surface area contributed by atoms with E-state index in [0.29, 0.717) is 15.7 Å². The van der Waals surface area contributed by atoms with E-state index < -0.39 is 28.5 Å². The van der Waals surface area contributed by atoms with Gasteiger partial charge in [0.05, 0.1) is 10.6 Å². The number of carbonyl (C=O) groups excluding carboxylic acids is 2. The van der Waals surface area contributed by atoms with Crippen LogP contribution in [0.1, 0.15) is 37.5 Å². The average Bonchev–Trinajstić information content (AvgIpc) is 2.88. The summed E-state index contributed by atoms with van der Waals surface area (Å²) in [5, 5.41) is 3.76. The number of carbonyl (C=O) groups is 2. The zero-order chi connectivity index (χ0) is 28.9. The Hall–Kier alpha value is -3.07. The average molecular weight is 591 g/mol. The van der Waals surface area contributed by atoms with Gasteiger partial charge >= 0.3 is 0 Å². The molecule has 3 aromatic rings. The van der Waals surface area contributed by atoms with Crippen molar-refractivity contribution >= 4 is 50.7 Å². The molecule has 0 aliphatic carbocycles. The number of aryl methyl sites for hydroxylation is 2. The summed E-state index contributed by atoms with van der Waals surface area (Å²) >= 11 is 12.0. The molecular formula is C29H33Cl2N3O4S. The third-order valence-electron chi connectivity index (χ3n) is 6.32. The molecule has 10 heteroatoms. The minimum atomic E-state index is -4.16. The minimum absolute atomic E-state index is 0.00669. The third kappa shape index (κ3) is 7.75. The summed E-state index contributed by atoms with van der Waals surface area (Å²) < 4.78 is 28.8. The first-order valence-electron chi connectivity index (χ1n) is 12.5. The predicted molar refractivity (Wildman–Crippen MR) is 157 cm³/mol. The maximum absolute atomic E-state index is 13.9. The zero-order valence-electron chi connectivity index (χ0n) is 22.6. The van der Waals surface area contributed by atoms with E-state index in [1.807, 2.05) is 33.8 Å². The molecule has 0 aliphatic heterocycles. The van der Waals surface area contributed by atoms with Gasteiger partial charge in [-0.15, -0.1) is 0 Å². The first kappa shape index (κ1) is 30.5. The second-order valence-corrected chi connectivity index (χ2v) is 12.5. The molecule has 0 saturated heterocycles. The first-order valence-corrected chi connectivity index (χ1v) is 14.7. The van der Waals surface area contributed by atoms with Crippen molar-refractivity contribution in [3.05, 3.63) is 93.5 Å². The van der Waals surface area contributed by atoms with Gasteiger partial charge in [0.15, 0.2) is 0 Å². The minimum Gasteiger partial charge on any atom is -0.352 e. The molecule has 3 rings (SSSR count). The van der Waals surface area contributed by atoms with Gasteiger partial charge in [-0.1, -0.05) is 41.4 Å². The Kier molecular flexibility index (Phi) is 10.0. The molecule has 208 valence electrons. The highest BCUT2D eigenvalue weighted by molar-refractivity contribution is 7.92. The number of sulfonamides is 1. The molecule has 0 saturated carbocycles. The Morgan fingerprint density at radius 3 is 1.95 bits per heavy atom. The number of amides is 2. The molecule has 0 bridgehead atoms. The molecule has 3 aromatic carbocycles. The van der Waals surface area contributed by atoms with E-state index in [4.69, 9.17) is 23.2 Å². The molecule has 0 heterocycles. The predicted octanol–water partition coefficient (Wildman–Crippen LogP) is 5.75. The van der Waals surface area contributed by atoms with Gasteiger partial charge in [-0.2, -0.15) is 0 Å². The van der Waals surface area contributed by atoms with Gasteiger partial charge in [-0.05, 0) is 99.8 Å². The molecule has 0 radical (unpaired) electrons. The van der Waals surface area contributed by atoms with Crippen LogP contribution in [0.2, 0.25) is 10.0 Å². The number of hydrogen-bond donors (Lipinski definition) is 1. The van der Waals surface area contributed by atoms with Crippen LogP contribution in [0.15, 0.2) is 71.6 Å². The standard InChI is InChI=1S/C29H33Cl2N3O4S/c1-19(2)32-29(36)22(5)33(17-23-7-9-24(30)10-8-23)28(35)18-34(26-13-6-20(3)21(4)16-26)39(37,38)27-14-11-25(31)12-15-27/h6-16,19,22H,17-18H2,1-5H3,(H,32,36)/t22-/m0/s1. The summed E-state index contributed by atoms with van der Waals surface area (Å²) in [6.07, 6.45) is 0. The smallest absolute Gasteiger partial charge is 0.264 e. The maximum atomic E-state index is 13.9. The molecule has 0 aromatic heterocycles. The Bertz CT molecular complexity index is 1430. The van der Waals surface area contributed by atoms with Crippen molar-refractivity contribution in [3.8, 4) is 0 Å². The summed E-state index contributed by atoms with van der Waals surface area (Å²) in [6.45, 7) is 8.65. The summed E-state index contributed by atoms with van der Waals surface area (Å²) in [4.78, 5) is 28.2. The first-order chi connectivity index (χ1) is 18.3. The molecule has 1 N–H and O–H groups in total. The normalized spacial score (nSPS) is 12.2. The highest BCUT2D eigenvalue weighted by atomic mass is 35.5. The molecule has 0 unspecified atom stereocenters. The molecule has 0 fully saturated rings. The van der Waals surface area contributed by atoms with Crippen LogP contribution in [0, 0.1) is 13.8 Å². The fourth-order valence-corrected chi connectivity index (χ4v) is 5.58. The van der Waals surface area contributed by atoms with Crippen LogP contribution in [0.4, 0.5) is 5.69 Å².